The molecule has 4 rings (SSSR count). The number of fused-ring (bicyclic) bond motifs is 1. The molecule has 138 valence electrons. The molecule has 0 saturated heterocycles. The number of hydrogen-bond donors (Lipinski definition) is 1. The monoisotopic (exact) mass is 390 g/mol. The first-order chi connectivity index (χ1) is 13.0. The van der Waals surface area contributed by atoms with E-state index in [-0.39, 0.29) is 13.5 Å². The van der Waals surface area contributed by atoms with Gasteiger partial charge in [0, 0.05) is 18.9 Å². The van der Waals surface area contributed by atoms with Gasteiger partial charge < -0.3 is 9.84 Å². The number of halogens is 2. The summed E-state index contributed by atoms with van der Waals surface area (Å²) >= 11 is 1.25. The van der Waals surface area contributed by atoms with E-state index in [0.717, 1.165) is 16.7 Å². The predicted molar refractivity (Wildman–Crippen MR) is 96.5 cm³/mol. The number of rotatable bonds is 4. The van der Waals surface area contributed by atoms with Crippen LogP contribution in [0.1, 0.15) is 1.43 Å². The van der Waals surface area contributed by atoms with Gasteiger partial charge in [-0.15, -0.1) is 11.3 Å². The fraction of sp³-hybridized carbons (Fsp3) is 0.0588. The van der Waals surface area contributed by atoms with E-state index in [1.807, 2.05) is 0 Å². The summed E-state index contributed by atoms with van der Waals surface area (Å²) in [5, 5.41) is 8.92. The van der Waals surface area contributed by atoms with Crippen molar-refractivity contribution in [2.45, 2.75) is 6.54 Å². The molecular formula is C17H12F2N4O3S. The van der Waals surface area contributed by atoms with Gasteiger partial charge in [-0.3, -0.25) is 14.2 Å². The molecule has 0 unspecified atom stereocenters. The third kappa shape index (κ3) is 3.22. The Balaban J connectivity index is 0.00000225. The molecule has 0 saturated carbocycles. The normalized spacial score (nSPS) is 11.0. The Kier molecular flexibility index (Phi) is 4.24. The van der Waals surface area contributed by atoms with Gasteiger partial charge in [-0.25, -0.2) is 8.78 Å². The second kappa shape index (κ2) is 6.72. The second-order valence-corrected chi connectivity index (χ2v) is 6.47. The van der Waals surface area contributed by atoms with Crippen LogP contribution in [0, 0.1) is 11.6 Å². The van der Waals surface area contributed by atoms with Gasteiger partial charge in [0.25, 0.3) is 5.56 Å². The molecule has 0 radical (unpaired) electrons. The average molecular weight is 390 g/mol. The lowest BCUT2D eigenvalue weighted by molar-refractivity contribution is -0.116. The number of nitrogens with one attached hydrogen (secondary N) is 1. The van der Waals surface area contributed by atoms with Gasteiger partial charge in [-0.2, -0.15) is 4.98 Å². The van der Waals surface area contributed by atoms with Crippen molar-refractivity contribution in [3.05, 3.63) is 64.1 Å². The topological polar surface area (TPSA) is 90.0 Å². The SMILES string of the molecule is O=C(Cn1c(=O)ccc2cc(F)c(F)cc21)Nc1sccc1-c1ncon1.[HH]. The number of pyridine rings is 1. The smallest absolute Gasteiger partial charge is 0.251 e. The molecular weight excluding hydrogens is 378 g/mol. The van der Waals surface area contributed by atoms with Crippen molar-refractivity contribution in [1.82, 2.24) is 14.7 Å². The summed E-state index contributed by atoms with van der Waals surface area (Å²) in [4.78, 5) is 28.5. The lowest BCUT2D eigenvalue weighted by Gasteiger charge is -2.11. The van der Waals surface area contributed by atoms with Gasteiger partial charge in [-0.05, 0) is 23.6 Å². The lowest BCUT2D eigenvalue weighted by atomic mass is 10.2. The summed E-state index contributed by atoms with van der Waals surface area (Å²) in [5.74, 6) is -2.33. The number of nitrogens with zero attached hydrogens (tertiary/aromatic N) is 3. The molecule has 10 heteroatoms. The summed E-state index contributed by atoms with van der Waals surface area (Å²) in [6.07, 6.45) is 1.17. The summed E-state index contributed by atoms with van der Waals surface area (Å²) in [6.45, 7) is -0.370. The maximum absolute atomic E-state index is 13.6. The molecule has 0 aliphatic rings. The average Bonchev–Trinajstić information content (AvgIpc) is 3.30. The molecule has 0 bridgehead atoms. The summed E-state index contributed by atoms with van der Waals surface area (Å²) in [7, 11) is 0. The third-order valence-electron chi connectivity index (χ3n) is 3.85. The van der Waals surface area contributed by atoms with Gasteiger partial charge in [0.05, 0.1) is 11.1 Å². The molecule has 3 heterocycles. The molecule has 1 N–H and O–H groups in total. The molecule has 1 amide bonds. The standard InChI is InChI=1S/C17H10F2N4O3S.H2/c18-11-5-9-1-2-15(25)23(13(9)6-12(11)19)7-14(24)21-17-10(3-4-27-17)16-20-8-26-22-16;/h1-6,8H,7H2,(H,21,24);1H. The largest absolute Gasteiger partial charge is 0.342 e. The minimum absolute atomic E-state index is 0. The van der Waals surface area contributed by atoms with Crippen molar-refractivity contribution < 1.29 is 19.5 Å². The molecule has 0 aliphatic carbocycles. The van der Waals surface area contributed by atoms with Crippen LogP contribution in [0.2, 0.25) is 0 Å². The Morgan fingerprint density at radius 3 is 2.85 bits per heavy atom. The molecule has 0 aliphatic heterocycles. The van der Waals surface area contributed by atoms with E-state index in [4.69, 9.17) is 4.52 Å². The molecule has 27 heavy (non-hydrogen) atoms. The highest BCUT2D eigenvalue weighted by Gasteiger charge is 2.16. The van der Waals surface area contributed by atoms with Crippen molar-refractivity contribution in [3.8, 4) is 11.4 Å². The predicted octanol–water partition coefficient (Wildman–Crippen LogP) is 3.28. The van der Waals surface area contributed by atoms with E-state index in [9.17, 15) is 18.4 Å². The molecule has 0 fully saturated rings. The fourth-order valence-corrected chi connectivity index (χ4v) is 3.43. The van der Waals surface area contributed by atoms with Crippen LogP contribution in [-0.2, 0) is 11.3 Å². The number of hydrogen-bond acceptors (Lipinski definition) is 6. The third-order valence-corrected chi connectivity index (χ3v) is 4.68. The molecule has 3 aromatic heterocycles. The van der Waals surface area contributed by atoms with Crippen LogP contribution in [0.25, 0.3) is 22.3 Å². The second-order valence-electron chi connectivity index (χ2n) is 5.55. The molecule has 7 nitrogen and oxygen atoms in total. The molecule has 1 aromatic carbocycles. The zero-order chi connectivity index (χ0) is 19.0. The summed E-state index contributed by atoms with van der Waals surface area (Å²) < 4.78 is 32.8. The fourth-order valence-electron chi connectivity index (χ4n) is 2.63. The van der Waals surface area contributed by atoms with E-state index in [0.29, 0.717) is 21.8 Å². The minimum Gasteiger partial charge on any atom is -0.342 e. The first-order valence-electron chi connectivity index (χ1n) is 7.65. The van der Waals surface area contributed by atoms with Gasteiger partial charge >= 0.3 is 0 Å². The van der Waals surface area contributed by atoms with E-state index in [1.54, 1.807) is 11.4 Å². The lowest BCUT2D eigenvalue weighted by Crippen LogP contribution is -2.27. The Bertz CT molecular complexity index is 1210. The molecule has 4 aromatic rings. The van der Waals surface area contributed by atoms with Crippen LogP contribution in [0.4, 0.5) is 13.8 Å². The number of amides is 1. The van der Waals surface area contributed by atoms with Crippen LogP contribution >= 0.6 is 11.3 Å². The van der Waals surface area contributed by atoms with Crippen LogP contribution in [-0.4, -0.2) is 20.6 Å². The highest BCUT2D eigenvalue weighted by atomic mass is 32.1. The highest BCUT2D eigenvalue weighted by Crippen LogP contribution is 2.30. The summed E-state index contributed by atoms with van der Waals surface area (Å²) in [5.41, 5.74) is 0.190. The Morgan fingerprint density at radius 2 is 2.07 bits per heavy atom. The maximum atomic E-state index is 13.6. The Hall–Kier alpha value is -3.40. The molecule has 0 spiro atoms. The number of benzene rings is 1. The first kappa shape index (κ1) is 17.0. The van der Waals surface area contributed by atoms with E-state index in [2.05, 4.69) is 15.5 Å². The summed E-state index contributed by atoms with van der Waals surface area (Å²) in [6, 6.07) is 6.17. The van der Waals surface area contributed by atoms with Crippen molar-refractivity contribution in [3.63, 3.8) is 0 Å². The van der Waals surface area contributed by atoms with Gasteiger partial charge in [-0.1, -0.05) is 5.16 Å². The number of carbonyl (C=O) groups excluding carboxylic acids is 1. The van der Waals surface area contributed by atoms with E-state index in [1.165, 1.54) is 29.9 Å². The number of aromatic nitrogens is 3. The Morgan fingerprint density at radius 1 is 1.26 bits per heavy atom. The number of anilines is 1. The quantitative estimate of drug-likeness (QED) is 0.578. The first-order valence-corrected chi connectivity index (χ1v) is 8.53. The zero-order valence-corrected chi connectivity index (χ0v) is 14.3. The van der Waals surface area contributed by atoms with Crippen LogP contribution in [0.3, 0.4) is 0 Å². The maximum Gasteiger partial charge on any atom is 0.251 e. The molecule has 0 atom stereocenters. The number of carbonyl (C=O) groups is 1. The van der Waals surface area contributed by atoms with Crippen LogP contribution in [0.15, 0.2) is 51.4 Å². The van der Waals surface area contributed by atoms with Crippen molar-refractivity contribution in [1.29, 1.82) is 0 Å². The zero-order valence-electron chi connectivity index (χ0n) is 13.5. The van der Waals surface area contributed by atoms with Gasteiger partial charge in [0.2, 0.25) is 18.1 Å². The van der Waals surface area contributed by atoms with Crippen molar-refractivity contribution in [2.24, 2.45) is 0 Å². The van der Waals surface area contributed by atoms with Gasteiger partial charge in [0.15, 0.2) is 11.6 Å². The number of thiophene rings is 1. The van der Waals surface area contributed by atoms with Crippen LogP contribution in [0.5, 0.6) is 0 Å². The van der Waals surface area contributed by atoms with E-state index < -0.39 is 23.1 Å². The van der Waals surface area contributed by atoms with Crippen molar-refractivity contribution in [2.75, 3.05) is 5.32 Å². The van der Waals surface area contributed by atoms with E-state index >= 15 is 0 Å². The highest BCUT2D eigenvalue weighted by molar-refractivity contribution is 7.15. The minimum atomic E-state index is -1.10. The van der Waals surface area contributed by atoms with Crippen LogP contribution < -0.4 is 10.9 Å². The Labute approximate surface area is 155 Å². The van der Waals surface area contributed by atoms with Crippen molar-refractivity contribution >= 4 is 33.1 Å². The van der Waals surface area contributed by atoms with Gasteiger partial charge in [0.1, 0.15) is 11.5 Å².